The summed E-state index contributed by atoms with van der Waals surface area (Å²) < 4.78 is 12.0. The molecule has 0 aliphatic heterocycles. The van der Waals surface area contributed by atoms with E-state index in [1.807, 2.05) is 30.3 Å². The van der Waals surface area contributed by atoms with Crippen LogP contribution in [0.15, 0.2) is 41.2 Å². The Morgan fingerprint density at radius 2 is 1.95 bits per heavy atom. The van der Waals surface area contributed by atoms with Gasteiger partial charge in [0, 0.05) is 25.8 Å². The van der Waals surface area contributed by atoms with E-state index in [4.69, 9.17) is 14.7 Å². The van der Waals surface area contributed by atoms with E-state index < -0.39 is 0 Å². The highest BCUT2D eigenvalue weighted by molar-refractivity contribution is 5.68. The van der Waals surface area contributed by atoms with Crippen molar-refractivity contribution in [1.29, 1.82) is 5.26 Å². The Balaban J connectivity index is 2.57. The Labute approximate surface area is 129 Å². The van der Waals surface area contributed by atoms with Crippen LogP contribution in [-0.2, 0) is 11.3 Å². The first kappa shape index (κ1) is 15.8. The first-order valence-corrected chi connectivity index (χ1v) is 6.99. The summed E-state index contributed by atoms with van der Waals surface area (Å²) in [6.07, 6.45) is 0.688. The summed E-state index contributed by atoms with van der Waals surface area (Å²) in [5, 5.41) is 9.06. The number of nitrogens with zero attached hydrogens (tertiary/aromatic N) is 2. The molecule has 114 valence electrons. The first-order chi connectivity index (χ1) is 10.7. The van der Waals surface area contributed by atoms with Crippen LogP contribution in [0.4, 0.5) is 0 Å². The zero-order valence-corrected chi connectivity index (χ0v) is 12.7. The third-order valence-corrected chi connectivity index (χ3v) is 3.41. The number of hydrogen-bond acceptors (Lipinski definition) is 4. The zero-order valence-electron chi connectivity index (χ0n) is 12.7. The van der Waals surface area contributed by atoms with E-state index in [2.05, 4.69) is 0 Å². The molecule has 0 saturated carbocycles. The topological polar surface area (TPSA) is 64.2 Å². The van der Waals surface area contributed by atoms with Crippen LogP contribution in [0.5, 0.6) is 5.75 Å². The van der Waals surface area contributed by atoms with Crippen LogP contribution in [-0.4, -0.2) is 25.4 Å². The van der Waals surface area contributed by atoms with Crippen molar-refractivity contribution in [2.24, 2.45) is 0 Å². The van der Waals surface area contributed by atoms with Gasteiger partial charge in [-0.2, -0.15) is 5.26 Å². The molecule has 1 heterocycles. The van der Waals surface area contributed by atoms with Crippen LogP contribution in [0.25, 0.3) is 11.3 Å². The fourth-order valence-electron chi connectivity index (χ4n) is 2.34. The second kappa shape index (κ2) is 7.43. The summed E-state index contributed by atoms with van der Waals surface area (Å²) >= 11 is 0. The summed E-state index contributed by atoms with van der Waals surface area (Å²) in [4.78, 5) is 12.4. The van der Waals surface area contributed by atoms with Crippen molar-refractivity contribution in [3.05, 3.63) is 52.3 Å². The molecule has 0 unspecified atom stereocenters. The van der Waals surface area contributed by atoms with Crippen LogP contribution >= 0.6 is 0 Å². The van der Waals surface area contributed by atoms with E-state index in [0.29, 0.717) is 25.3 Å². The van der Waals surface area contributed by atoms with Gasteiger partial charge in [0.1, 0.15) is 17.4 Å². The Hall–Kier alpha value is -2.58. The molecule has 2 rings (SSSR count). The maximum atomic E-state index is 12.4. The fraction of sp³-hybridized carbons (Fsp3) is 0.294. The molecule has 22 heavy (non-hydrogen) atoms. The third kappa shape index (κ3) is 3.18. The van der Waals surface area contributed by atoms with Crippen LogP contribution in [0.3, 0.4) is 0 Å². The van der Waals surface area contributed by atoms with E-state index in [9.17, 15) is 4.79 Å². The molecule has 0 saturated heterocycles. The van der Waals surface area contributed by atoms with Crippen molar-refractivity contribution in [2.75, 3.05) is 20.8 Å². The van der Waals surface area contributed by atoms with Crippen molar-refractivity contribution in [2.45, 2.75) is 13.0 Å². The number of ether oxygens (including phenoxy) is 2. The predicted molar refractivity (Wildman–Crippen MR) is 83.9 cm³/mol. The van der Waals surface area contributed by atoms with Crippen molar-refractivity contribution < 1.29 is 9.47 Å². The SMILES string of the molecule is COCCCn1c(-c2ccccc2OC)ccc(C#N)c1=O. The van der Waals surface area contributed by atoms with Gasteiger partial charge >= 0.3 is 0 Å². The van der Waals surface area contributed by atoms with Gasteiger partial charge in [-0.05, 0) is 30.7 Å². The largest absolute Gasteiger partial charge is 0.496 e. The van der Waals surface area contributed by atoms with Gasteiger partial charge in [-0.15, -0.1) is 0 Å². The Morgan fingerprint density at radius 1 is 1.18 bits per heavy atom. The second-order valence-electron chi connectivity index (χ2n) is 4.75. The van der Waals surface area contributed by atoms with E-state index in [-0.39, 0.29) is 11.1 Å². The van der Waals surface area contributed by atoms with Gasteiger partial charge in [0.2, 0.25) is 0 Å². The number of methoxy groups -OCH3 is 2. The number of hydrogen-bond donors (Lipinski definition) is 0. The maximum Gasteiger partial charge on any atom is 0.268 e. The lowest BCUT2D eigenvalue weighted by Gasteiger charge is -2.15. The molecule has 0 aliphatic carbocycles. The molecule has 0 bridgehead atoms. The van der Waals surface area contributed by atoms with E-state index in [1.54, 1.807) is 30.9 Å². The lowest BCUT2D eigenvalue weighted by Crippen LogP contribution is -2.24. The monoisotopic (exact) mass is 298 g/mol. The Bertz CT molecular complexity index is 744. The molecular weight excluding hydrogens is 280 g/mol. The normalized spacial score (nSPS) is 10.2. The van der Waals surface area contributed by atoms with Gasteiger partial charge in [0.15, 0.2) is 0 Å². The highest BCUT2D eigenvalue weighted by atomic mass is 16.5. The third-order valence-electron chi connectivity index (χ3n) is 3.41. The summed E-state index contributed by atoms with van der Waals surface area (Å²) in [5.74, 6) is 0.687. The van der Waals surface area contributed by atoms with Crippen molar-refractivity contribution in [1.82, 2.24) is 4.57 Å². The van der Waals surface area contributed by atoms with Crippen molar-refractivity contribution in [3.63, 3.8) is 0 Å². The summed E-state index contributed by atoms with van der Waals surface area (Å²) in [7, 11) is 3.21. The van der Waals surface area contributed by atoms with Crippen molar-refractivity contribution in [3.8, 4) is 23.1 Å². The van der Waals surface area contributed by atoms with Gasteiger partial charge in [0.05, 0.1) is 12.8 Å². The van der Waals surface area contributed by atoms with Crippen LogP contribution < -0.4 is 10.3 Å². The number of aromatic nitrogens is 1. The highest BCUT2D eigenvalue weighted by Crippen LogP contribution is 2.29. The van der Waals surface area contributed by atoms with Gasteiger partial charge in [-0.3, -0.25) is 4.79 Å². The van der Waals surface area contributed by atoms with Gasteiger partial charge in [-0.1, -0.05) is 12.1 Å². The predicted octanol–water partition coefficient (Wildman–Crippen LogP) is 2.43. The molecule has 1 aromatic heterocycles. The lowest BCUT2D eigenvalue weighted by atomic mass is 10.1. The Kier molecular flexibility index (Phi) is 5.34. The molecule has 0 fully saturated rings. The molecule has 1 aromatic carbocycles. The zero-order chi connectivity index (χ0) is 15.9. The fourth-order valence-corrected chi connectivity index (χ4v) is 2.34. The molecule has 0 amide bonds. The minimum Gasteiger partial charge on any atom is -0.496 e. The molecule has 5 nitrogen and oxygen atoms in total. The summed E-state index contributed by atoms with van der Waals surface area (Å²) in [5.41, 5.74) is 1.40. The van der Waals surface area contributed by atoms with Crippen molar-refractivity contribution >= 4 is 0 Å². The van der Waals surface area contributed by atoms with Gasteiger partial charge in [-0.25, -0.2) is 0 Å². The summed E-state index contributed by atoms with van der Waals surface area (Å²) in [6.45, 7) is 1.03. The number of pyridine rings is 1. The van der Waals surface area contributed by atoms with Crippen LogP contribution in [0.1, 0.15) is 12.0 Å². The molecule has 0 radical (unpaired) electrons. The number of nitriles is 1. The second-order valence-corrected chi connectivity index (χ2v) is 4.75. The highest BCUT2D eigenvalue weighted by Gasteiger charge is 2.13. The van der Waals surface area contributed by atoms with Gasteiger partial charge in [0.25, 0.3) is 5.56 Å². The first-order valence-electron chi connectivity index (χ1n) is 6.99. The smallest absolute Gasteiger partial charge is 0.268 e. The van der Waals surface area contributed by atoms with Gasteiger partial charge < -0.3 is 14.0 Å². The van der Waals surface area contributed by atoms with Crippen LogP contribution in [0, 0.1) is 11.3 Å². The quantitative estimate of drug-likeness (QED) is 0.768. The van der Waals surface area contributed by atoms with Crippen LogP contribution in [0.2, 0.25) is 0 Å². The minimum atomic E-state index is -0.290. The number of benzene rings is 1. The maximum absolute atomic E-state index is 12.4. The average Bonchev–Trinajstić information content (AvgIpc) is 2.56. The number of rotatable bonds is 6. The molecule has 0 spiro atoms. The molecular formula is C17H18N2O3. The molecule has 2 aromatic rings. The molecule has 0 atom stereocenters. The van der Waals surface area contributed by atoms with E-state index in [1.165, 1.54) is 0 Å². The molecule has 0 N–H and O–H groups in total. The minimum absolute atomic E-state index is 0.135. The average molecular weight is 298 g/mol. The van der Waals surface area contributed by atoms with E-state index in [0.717, 1.165) is 11.3 Å². The van der Waals surface area contributed by atoms with E-state index >= 15 is 0 Å². The summed E-state index contributed by atoms with van der Waals surface area (Å²) in [6, 6.07) is 12.8. The lowest BCUT2D eigenvalue weighted by molar-refractivity contribution is 0.190. The number of para-hydroxylation sites is 1. The Morgan fingerprint density at radius 3 is 2.64 bits per heavy atom. The standard InChI is InChI=1S/C17H18N2O3/c1-21-11-5-10-19-15(9-8-13(12-18)17(19)20)14-6-3-4-7-16(14)22-2/h3-4,6-9H,5,10-11H2,1-2H3. The molecule has 5 heteroatoms. The molecule has 0 aliphatic rings.